The van der Waals surface area contributed by atoms with Gasteiger partial charge in [-0.05, 0) is 18.1 Å². The molecule has 0 fully saturated rings. The van der Waals surface area contributed by atoms with Crippen LogP contribution < -0.4 is 0 Å². The van der Waals surface area contributed by atoms with Crippen LogP contribution in [0.15, 0.2) is 24.3 Å². The van der Waals surface area contributed by atoms with Crippen molar-refractivity contribution >= 4 is 22.4 Å². The molecule has 0 aromatic heterocycles. The van der Waals surface area contributed by atoms with Gasteiger partial charge in [-0.25, -0.2) is 0 Å². The molecule has 0 spiro atoms. The average molecular weight is 233 g/mol. The van der Waals surface area contributed by atoms with Crippen molar-refractivity contribution in [3.63, 3.8) is 0 Å². The van der Waals surface area contributed by atoms with Crippen LogP contribution in [0.5, 0.6) is 0 Å². The first-order valence-electron chi connectivity index (χ1n) is 4.43. The van der Waals surface area contributed by atoms with E-state index in [-0.39, 0.29) is 6.61 Å². The molecule has 0 unspecified atom stereocenters. The van der Waals surface area contributed by atoms with Gasteiger partial charge in [0.2, 0.25) is 0 Å². The zero-order chi connectivity index (χ0) is 10.4. The molecule has 0 aliphatic heterocycles. The molecule has 0 saturated heterocycles. The number of rotatable bonds is 5. The molecule has 0 heterocycles. The van der Waals surface area contributed by atoms with Crippen LogP contribution in [-0.2, 0) is 17.2 Å². The Balaban J connectivity index is 2.46. The summed E-state index contributed by atoms with van der Waals surface area (Å²) in [5.41, 5.74) is 1.01. The fourth-order valence-electron chi connectivity index (χ4n) is 1.13. The maximum atomic E-state index is 11.2. The molecule has 0 aliphatic carbocycles. The first-order valence-corrected chi connectivity index (χ1v) is 6.30. The molecule has 4 heteroatoms. The van der Waals surface area contributed by atoms with Crippen molar-refractivity contribution in [2.45, 2.75) is 6.42 Å². The van der Waals surface area contributed by atoms with Gasteiger partial charge in [0.15, 0.2) is 0 Å². The third-order valence-electron chi connectivity index (χ3n) is 1.88. The van der Waals surface area contributed by atoms with Crippen molar-refractivity contribution in [3.8, 4) is 0 Å². The average Bonchev–Trinajstić information content (AvgIpc) is 2.17. The highest BCUT2D eigenvalue weighted by Gasteiger charge is 2.02. The summed E-state index contributed by atoms with van der Waals surface area (Å²) in [5.74, 6) is 0.911. The van der Waals surface area contributed by atoms with Gasteiger partial charge in [-0.2, -0.15) is 0 Å². The molecule has 1 atom stereocenters. The predicted octanol–water partition coefficient (Wildman–Crippen LogP) is 1.62. The van der Waals surface area contributed by atoms with Crippen molar-refractivity contribution in [2.24, 2.45) is 0 Å². The molecule has 1 aromatic carbocycles. The summed E-state index contributed by atoms with van der Waals surface area (Å²) in [6.07, 6.45) is 0.701. The molecule has 0 amide bonds. The fraction of sp³-hybridized carbons (Fsp3) is 0.400. The topological polar surface area (TPSA) is 37.3 Å². The summed E-state index contributed by atoms with van der Waals surface area (Å²) in [5, 5.41) is 9.29. The molecular formula is C10H13ClO2S. The van der Waals surface area contributed by atoms with Crippen LogP contribution in [0.3, 0.4) is 0 Å². The Morgan fingerprint density at radius 3 is 2.64 bits per heavy atom. The van der Waals surface area contributed by atoms with Crippen LogP contribution in [0, 0.1) is 0 Å². The molecular weight excluding hydrogens is 220 g/mol. The second kappa shape index (κ2) is 6.17. The van der Waals surface area contributed by atoms with E-state index in [9.17, 15) is 4.21 Å². The smallest absolute Gasteiger partial charge is 0.0546 e. The van der Waals surface area contributed by atoms with Gasteiger partial charge in [-0.3, -0.25) is 4.21 Å². The minimum Gasteiger partial charge on any atom is -0.395 e. The highest BCUT2D eigenvalue weighted by molar-refractivity contribution is 7.84. The highest BCUT2D eigenvalue weighted by atomic mass is 35.5. The van der Waals surface area contributed by atoms with Crippen molar-refractivity contribution in [3.05, 3.63) is 34.9 Å². The first-order chi connectivity index (χ1) is 6.74. The van der Waals surface area contributed by atoms with E-state index in [1.54, 1.807) is 0 Å². The van der Waals surface area contributed by atoms with E-state index >= 15 is 0 Å². The molecule has 1 rings (SSSR count). The molecule has 0 radical (unpaired) electrons. The normalized spacial score (nSPS) is 12.7. The van der Waals surface area contributed by atoms with Crippen molar-refractivity contribution in [2.75, 3.05) is 18.1 Å². The van der Waals surface area contributed by atoms with Crippen molar-refractivity contribution < 1.29 is 9.32 Å². The van der Waals surface area contributed by atoms with Crippen molar-refractivity contribution in [1.82, 2.24) is 0 Å². The Morgan fingerprint density at radius 2 is 2.00 bits per heavy atom. The summed E-state index contributed by atoms with van der Waals surface area (Å²) in [6.45, 7) is -0.0187. The number of aliphatic hydroxyl groups excluding tert-OH is 1. The van der Waals surface area contributed by atoms with Crippen LogP contribution in [0.25, 0.3) is 0 Å². The van der Waals surface area contributed by atoms with E-state index in [1.165, 1.54) is 0 Å². The Morgan fingerprint density at radius 1 is 1.29 bits per heavy atom. The number of benzene rings is 1. The zero-order valence-corrected chi connectivity index (χ0v) is 9.35. The Kier molecular flexibility index (Phi) is 5.15. The van der Waals surface area contributed by atoms with Crippen LogP contribution in [0.2, 0.25) is 5.02 Å². The maximum Gasteiger partial charge on any atom is 0.0546 e. The number of aliphatic hydroxyl groups is 1. The lowest BCUT2D eigenvalue weighted by Gasteiger charge is -2.03. The molecule has 0 saturated carbocycles. The van der Waals surface area contributed by atoms with Gasteiger partial charge < -0.3 is 5.11 Å². The number of hydrogen-bond acceptors (Lipinski definition) is 2. The lowest BCUT2D eigenvalue weighted by molar-refractivity contribution is 0.321. The van der Waals surface area contributed by atoms with Gasteiger partial charge in [0, 0.05) is 27.3 Å². The summed E-state index contributed by atoms with van der Waals surface area (Å²) < 4.78 is 11.2. The third-order valence-corrected chi connectivity index (χ3v) is 3.54. The largest absolute Gasteiger partial charge is 0.395 e. The maximum absolute atomic E-state index is 11.2. The van der Waals surface area contributed by atoms with Gasteiger partial charge >= 0.3 is 0 Å². The lowest BCUT2D eigenvalue weighted by atomic mass is 10.2. The molecule has 78 valence electrons. The van der Waals surface area contributed by atoms with Crippen LogP contribution in [0.1, 0.15) is 5.56 Å². The van der Waals surface area contributed by atoms with E-state index in [0.29, 0.717) is 22.9 Å². The standard InChI is InChI=1S/C10H13ClO2S/c11-10-4-2-1-3-9(10)5-7-14(13)8-6-12/h1-4,12H,5-8H2/t14-/m0/s1. The van der Waals surface area contributed by atoms with E-state index in [4.69, 9.17) is 16.7 Å². The summed E-state index contributed by atoms with van der Waals surface area (Å²) >= 11 is 5.94. The van der Waals surface area contributed by atoms with Gasteiger partial charge in [0.05, 0.1) is 6.61 Å². The van der Waals surface area contributed by atoms with Gasteiger partial charge in [-0.1, -0.05) is 29.8 Å². The molecule has 0 bridgehead atoms. The summed E-state index contributed by atoms with van der Waals surface area (Å²) in [6, 6.07) is 7.54. The number of halogens is 1. The zero-order valence-electron chi connectivity index (χ0n) is 7.78. The second-order valence-electron chi connectivity index (χ2n) is 2.91. The first kappa shape index (κ1) is 11.7. The minimum absolute atomic E-state index is 0.0187. The van der Waals surface area contributed by atoms with E-state index < -0.39 is 10.8 Å². The Labute approximate surface area is 91.4 Å². The lowest BCUT2D eigenvalue weighted by Crippen LogP contribution is -2.08. The molecule has 14 heavy (non-hydrogen) atoms. The van der Waals surface area contributed by atoms with Crippen LogP contribution in [-0.4, -0.2) is 27.4 Å². The molecule has 1 aromatic rings. The second-order valence-corrected chi connectivity index (χ2v) is 5.02. The Bertz CT molecular complexity index is 315. The number of aryl methyl sites for hydroxylation is 1. The fourth-order valence-corrected chi connectivity index (χ4v) is 2.21. The third kappa shape index (κ3) is 3.78. The van der Waals surface area contributed by atoms with Crippen molar-refractivity contribution in [1.29, 1.82) is 0 Å². The van der Waals surface area contributed by atoms with Crippen LogP contribution >= 0.6 is 11.6 Å². The Hall–Kier alpha value is -0.380. The quantitative estimate of drug-likeness (QED) is 0.838. The van der Waals surface area contributed by atoms with E-state index in [0.717, 1.165) is 5.56 Å². The minimum atomic E-state index is -0.937. The van der Waals surface area contributed by atoms with E-state index in [2.05, 4.69) is 0 Å². The van der Waals surface area contributed by atoms with Crippen LogP contribution in [0.4, 0.5) is 0 Å². The van der Waals surface area contributed by atoms with Gasteiger partial charge in [0.1, 0.15) is 0 Å². The number of hydrogen-bond donors (Lipinski definition) is 1. The predicted molar refractivity (Wildman–Crippen MR) is 60.1 cm³/mol. The van der Waals surface area contributed by atoms with Gasteiger partial charge in [-0.15, -0.1) is 0 Å². The molecule has 1 N–H and O–H groups in total. The van der Waals surface area contributed by atoms with E-state index in [1.807, 2.05) is 24.3 Å². The summed E-state index contributed by atoms with van der Waals surface area (Å²) in [7, 11) is -0.937. The summed E-state index contributed by atoms with van der Waals surface area (Å²) in [4.78, 5) is 0. The highest BCUT2D eigenvalue weighted by Crippen LogP contribution is 2.15. The molecule has 2 nitrogen and oxygen atoms in total. The van der Waals surface area contributed by atoms with Gasteiger partial charge in [0.25, 0.3) is 0 Å². The molecule has 0 aliphatic rings. The monoisotopic (exact) mass is 232 g/mol. The SMILES string of the molecule is O=[S@](CCO)CCc1ccccc1Cl.